The van der Waals surface area contributed by atoms with Crippen LogP contribution in [-0.4, -0.2) is 6.21 Å². The van der Waals surface area contributed by atoms with E-state index in [0.29, 0.717) is 0 Å². The van der Waals surface area contributed by atoms with Gasteiger partial charge in [-0.2, -0.15) is 0 Å². The monoisotopic (exact) mass is 145 g/mol. The van der Waals surface area contributed by atoms with Crippen molar-refractivity contribution in [3.8, 4) is 0 Å². The molecule has 0 spiro atoms. The molecule has 1 aromatic carbocycles. The van der Waals surface area contributed by atoms with E-state index in [1.54, 1.807) is 0 Å². The second kappa shape index (κ2) is 2.50. The van der Waals surface area contributed by atoms with Gasteiger partial charge >= 0.3 is 0 Å². The minimum atomic E-state index is 0.878. The second-order valence-electron chi connectivity index (χ2n) is 2.86. The van der Waals surface area contributed by atoms with Crippen LogP contribution >= 0.6 is 0 Å². The summed E-state index contributed by atoms with van der Waals surface area (Å²) in [5.74, 6) is 0. The van der Waals surface area contributed by atoms with Gasteiger partial charge < -0.3 is 0 Å². The maximum atomic E-state index is 4.20. The Hall–Kier alpha value is -1.11. The Balaban J connectivity index is 2.45. The van der Waals surface area contributed by atoms with Crippen molar-refractivity contribution in [2.75, 3.05) is 0 Å². The minimum Gasteiger partial charge on any atom is -0.288 e. The largest absolute Gasteiger partial charge is 0.288 e. The molecule has 1 heteroatoms. The number of nitrogens with zero attached hydrogens (tertiary/aromatic N) is 1. The van der Waals surface area contributed by atoms with Crippen LogP contribution in [0.1, 0.15) is 23.6 Å². The molecule has 2 rings (SSSR count). The molecule has 0 bridgehead atoms. The minimum absolute atomic E-state index is 0.878. The molecule has 56 valence electrons. The van der Waals surface area contributed by atoms with E-state index in [-0.39, 0.29) is 0 Å². The highest BCUT2D eigenvalue weighted by Crippen LogP contribution is 2.16. The molecular formula is C10H11N. The summed E-state index contributed by atoms with van der Waals surface area (Å²) in [4.78, 5) is 4.20. The van der Waals surface area contributed by atoms with Gasteiger partial charge in [-0.05, 0) is 23.1 Å². The Kier molecular flexibility index (Phi) is 1.50. The fraction of sp³-hybridized carbons (Fsp3) is 0.300. The van der Waals surface area contributed by atoms with Gasteiger partial charge in [0.05, 0.1) is 6.54 Å². The van der Waals surface area contributed by atoms with E-state index in [1.807, 2.05) is 6.21 Å². The molecule has 1 heterocycles. The van der Waals surface area contributed by atoms with E-state index in [2.05, 4.69) is 30.1 Å². The van der Waals surface area contributed by atoms with Crippen molar-refractivity contribution in [3.05, 3.63) is 34.9 Å². The van der Waals surface area contributed by atoms with Crippen molar-refractivity contribution < 1.29 is 0 Å². The molecule has 0 saturated heterocycles. The zero-order valence-electron chi connectivity index (χ0n) is 6.67. The molecule has 0 aromatic heterocycles. The zero-order valence-corrected chi connectivity index (χ0v) is 6.67. The Bertz CT molecular complexity index is 300. The number of benzene rings is 1. The SMILES string of the molecule is CCc1ccc2c(c1)CN=C2. The normalized spacial score (nSPS) is 13.5. The predicted molar refractivity (Wildman–Crippen MR) is 47.1 cm³/mol. The van der Waals surface area contributed by atoms with Crippen molar-refractivity contribution in [2.45, 2.75) is 19.9 Å². The number of fused-ring (bicyclic) bond motifs is 1. The van der Waals surface area contributed by atoms with Crippen molar-refractivity contribution >= 4 is 6.21 Å². The molecule has 0 radical (unpaired) electrons. The molecule has 1 aliphatic rings. The van der Waals surface area contributed by atoms with Gasteiger partial charge in [-0.3, -0.25) is 4.99 Å². The fourth-order valence-corrected chi connectivity index (χ4v) is 1.38. The van der Waals surface area contributed by atoms with Crippen LogP contribution in [0.4, 0.5) is 0 Å². The molecule has 0 unspecified atom stereocenters. The molecular weight excluding hydrogens is 134 g/mol. The first kappa shape index (κ1) is 6.59. The fourth-order valence-electron chi connectivity index (χ4n) is 1.38. The first-order valence-corrected chi connectivity index (χ1v) is 4.02. The van der Waals surface area contributed by atoms with Crippen LogP contribution in [0.3, 0.4) is 0 Å². The number of aliphatic imine (C=N–C) groups is 1. The molecule has 1 aliphatic heterocycles. The number of hydrogen-bond acceptors (Lipinski definition) is 1. The highest BCUT2D eigenvalue weighted by atomic mass is 14.7. The summed E-state index contributed by atoms with van der Waals surface area (Å²) in [6, 6.07) is 6.59. The molecule has 11 heavy (non-hydrogen) atoms. The third-order valence-corrected chi connectivity index (χ3v) is 2.11. The predicted octanol–water partition coefficient (Wildman–Crippen LogP) is 2.18. The lowest BCUT2D eigenvalue weighted by Gasteiger charge is -1.99. The molecule has 1 nitrogen and oxygen atoms in total. The third-order valence-electron chi connectivity index (χ3n) is 2.11. The molecule has 0 saturated carbocycles. The zero-order chi connectivity index (χ0) is 7.68. The van der Waals surface area contributed by atoms with Gasteiger partial charge in [0.2, 0.25) is 0 Å². The highest BCUT2D eigenvalue weighted by Gasteiger charge is 2.04. The Morgan fingerprint density at radius 2 is 2.36 bits per heavy atom. The van der Waals surface area contributed by atoms with Crippen molar-refractivity contribution in [1.82, 2.24) is 0 Å². The van der Waals surface area contributed by atoms with Crippen LogP contribution in [0, 0.1) is 0 Å². The van der Waals surface area contributed by atoms with Gasteiger partial charge in [-0.15, -0.1) is 0 Å². The summed E-state index contributed by atoms with van der Waals surface area (Å²) < 4.78 is 0. The lowest BCUT2D eigenvalue weighted by atomic mass is 10.1. The van der Waals surface area contributed by atoms with E-state index in [9.17, 15) is 0 Å². The first-order valence-electron chi connectivity index (χ1n) is 4.02. The van der Waals surface area contributed by atoms with Gasteiger partial charge in [0.25, 0.3) is 0 Å². The quantitative estimate of drug-likeness (QED) is 0.574. The topological polar surface area (TPSA) is 12.4 Å². The molecule has 0 amide bonds. The Morgan fingerprint density at radius 3 is 3.18 bits per heavy atom. The molecule has 0 fully saturated rings. The van der Waals surface area contributed by atoms with Gasteiger partial charge in [0.15, 0.2) is 0 Å². The molecule has 0 atom stereocenters. The van der Waals surface area contributed by atoms with Crippen LogP contribution in [0.25, 0.3) is 0 Å². The first-order chi connectivity index (χ1) is 5.40. The lowest BCUT2D eigenvalue weighted by molar-refractivity contribution is 1.08. The van der Waals surface area contributed by atoms with E-state index in [0.717, 1.165) is 13.0 Å². The van der Waals surface area contributed by atoms with E-state index in [4.69, 9.17) is 0 Å². The summed E-state index contributed by atoms with van der Waals surface area (Å²) in [6.07, 6.45) is 3.07. The molecule has 1 aromatic rings. The Labute approximate surface area is 66.8 Å². The maximum Gasteiger partial charge on any atom is 0.0646 e. The number of rotatable bonds is 1. The maximum absolute atomic E-state index is 4.20. The second-order valence-corrected chi connectivity index (χ2v) is 2.86. The summed E-state index contributed by atoms with van der Waals surface area (Å²) >= 11 is 0. The van der Waals surface area contributed by atoms with Crippen LogP contribution in [0.5, 0.6) is 0 Å². The van der Waals surface area contributed by atoms with Gasteiger partial charge in [-0.25, -0.2) is 0 Å². The standard InChI is InChI=1S/C10H11N/c1-2-8-3-4-9-6-11-7-10(9)5-8/h3-6H,2,7H2,1H3. The highest BCUT2D eigenvalue weighted by molar-refractivity contribution is 5.84. The average molecular weight is 145 g/mol. The summed E-state index contributed by atoms with van der Waals surface area (Å²) in [6.45, 7) is 3.06. The van der Waals surface area contributed by atoms with E-state index in [1.165, 1.54) is 16.7 Å². The van der Waals surface area contributed by atoms with Gasteiger partial charge in [0.1, 0.15) is 0 Å². The van der Waals surface area contributed by atoms with Gasteiger partial charge in [0, 0.05) is 6.21 Å². The summed E-state index contributed by atoms with van der Waals surface area (Å²) in [5.41, 5.74) is 4.08. The van der Waals surface area contributed by atoms with Crippen molar-refractivity contribution in [2.24, 2.45) is 4.99 Å². The number of hydrogen-bond donors (Lipinski definition) is 0. The van der Waals surface area contributed by atoms with E-state index >= 15 is 0 Å². The van der Waals surface area contributed by atoms with Crippen LogP contribution in [0.2, 0.25) is 0 Å². The van der Waals surface area contributed by atoms with E-state index < -0.39 is 0 Å². The third kappa shape index (κ3) is 1.07. The smallest absolute Gasteiger partial charge is 0.0646 e. The summed E-state index contributed by atoms with van der Waals surface area (Å²) in [5, 5.41) is 0. The van der Waals surface area contributed by atoms with Crippen LogP contribution in [-0.2, 0) is 13.0 Å². The van der Waals surface area contributed by atoms with Crippen molar-refractivity contribution in [1.29, 1.82) is 0 Å². The Morgan fingerprint density at radius 1 is 1.45 bits per heavy atom. The van der Waals surface area contributed by atoms with Crippen LogP contribution < -0.4 is 0 Å². The van der Waals surface area contributed by atoms with Crippen molar-refractivity contribution in [3.63, 3.8) is 0 Å². The summed E-state index contributed by atoms with van der Waals surface area (Å²) in [7, 11) is 0. The van der Waals surface area contributed by atoms with Gasteiger partial charge in [-0.1, -0.05) is 25.1 Å². The molecule has 0 aliphatic carbocycles. The van der Waals surface area contributed by atoms with Crippen LogP contribution in [0.15, 0.2) is 23.2 Å². The molecule has 0 N–H and O–H groups in total. The lowest BCUT2D eigenvalue weighted by Crippen LogP contribution is -1.87. The number of aryl methyl sites for hydroxylation is 1. The average Bonchev–Trinajstić information content (AvgIpc) is 2.50.